The number of hydrogen-bond acceptors (Lipinski definition) is 3. The molecule has 2 aliphatic heterocycles. The lowest BCUT2D eigenvalue weighted by atomic mass is 9.80. The Balaban J connectivity index is 1.99. The minimum Gasteiger partial charge on any atom is -0.370 e. The number of piperidine rings is 1. The largest absolute Gasteiger partial charge is 0.370 e. The van der Waals surface area contributed by atoms with Crippen molar-refractivity contribution in [1.29, 1.82) is 0 Å². The van der Waals surface area contributed by atoms with Gasteiger partial charge in [0.05, 0.1) is 12.2 Å². The molecule has 2 nitrogen and oxygen atoms in total. The van der Waals surface area contributed by atoms with Gasteiger partial charge in [-0.2, -0.15) is 0 Å². The molecule has 0 aromatic carbocycles. The van der Waals surface area contributed by atoms with E-state index in [1.807, 2.05) is 11.3 Å². The maximum absolute atomic E-state index is 6.13. The van der Waals surface area contributed by atoms with Crippen LogP contribution in [0.5, 0.6) is 0 Å². The van der Waals surface area contributed by atoms with Crippen LogP contribution < -0.4 is 5.32 Å². The highest BCUT2D eigenvalue weighted by Gasteiger charge is 2.41. The molecular weight excluding hydrogens is 206 g/mol. The fourth-order valence-corrected chi connectivity index (χ4v) is 3.87. The van der Waals surface area contributed by atoms with Gasteiger partial charge in [0.15, 0.2) is 0 Å². The second-order valence-corrected chi connectivity index (χ2v) is 5.66. The molecule has 3 heteroatoms. The Bertz CT molecular complexity index is 362. The SMILES string of the molecule is C[C@H]1C[C@@]2(CCN1)OCCc1sccc12. The van der Waals surface area contributed by atoms with Gasteiger partial charge < -0.3 is 10.1 Å². The van der Waals surface area contributed by atoms with E-state index < -0.39 is 0 Å². The topological polar surface area (TPSA) is 21.3 Å². The van der Waals surface area contributed by atoms with Gasteiger partial charge in [-0.3, -0.25) is 0 Å². The van der Waals surface area contributed by atoms with Gasteiger partial charge in [-0.1, -0.05) is 0 Å². The number of hydrogen-bond donors (Lipinski definition) is 1. The number of thiophene rings is 1. The van der Waals surface area contributed by atoms with Gasteiger partial charge in [0.1, 0.15) is 0 Å². The molecule has 0 amide bonds. The Morgan fingerprint density at radius 3 is 3.40 bits per heavy atom. The Hall–Kier alpha value is -0.380. The van der Waals surface area contributed by atoms with Crippen LogP contribution >= 0.6 is 11.3 Å². The van der Waals surface area contributed by atoms with Gasteiger partial charge in [-0.25, -0.2) is 0 Å². The second-order valence-electron chi connectivity index (χ2n) is 4.66. The molecule has 0 unspecified atom stereocenters. The van der Waals surface area contributed by atoms with Crippen LogP contribution in [0.15, 0.2) is 11.4 Å². The summed E-state index contributed by atoms with van der Waals surface area (Å²) in [5.41, 5.74) is 1.52. The Labute approximate surface area is 94.6 Å². The summed E-state index contributed by atoms with van der Waals surface area (Å²) < 4.78 is 6.13. The van der Waals surface area contributed by atoms with Crippen molar-refractivity contribution in [1.82, 2.24) is 5.32 Å². The highest BCUT2D eigenvalue weighted by Crippen LogP contribution is 2.43. The minimum absolute atomic E-state index is 0.0399. The van der Waals surface area contributed by atoms with E-state index >= 15 is 0 Å². The van der Waals surface area contributed by atoms with Crippen LogP contribution in [-0.4, -0.2) is 19.2 Å². The van der Waals surface area contributed by atoms with Crippen LogP contribution in [-0.2, 0) is 16.8 Å². The lowest BCUT2D eigenvalue weighted by Gasteiger charge is -2.43. The lowest BCUT2D eigenvalue weighted by molar-refractivity contribution is -0.0869. The summed E-state index contributed by atoms with van der Waals surface area (Å²) in [6, 6.07) is 2.85. The van der Waals surface area contributed by atoms with E-state index in [4.69, 9.17) is 4.74 Å². The maximum atomic E-state index is 6.13. The predicted molar refractivity (Wildman–Crippen MR) is 62.4 cm³/mol. The highest BCUT2D eigenvalue weighted by atomic mass is 32.1. The normalized spacial score (nSPS) is 35.4. The second kappa shape index (κ2) is 3.58. The maximum Gasteiger partial charge on any atom is 0.0968 e. The predicted octanol–water partition coefficient (Wildman–Crippen LogP) is 2.29. The van der Waals surface area contributed by atoms with Crippen molar-refractivity contribution >= 4 is 11.3 Å². The number of fused-ring (bicyclic) bond motifs is 2. The van der Waals surface area contributed by atoms with Gasteiger partial charge in [-0.15, -0.1) is 11.3 Å². The molecular formula is C12H17NOS. The van der Waals surface area contributed by atoms with E-state index in [-0.39, 0.29) is 5.60 Å². The molecule has 0 radical (unpaired) electrons. The van der Waals surface area contributed by atoms with Crippen molar-refractivity contribution in [3.63, 3.8) is 0 Å². The molecule has 1 fully saturated rings. The van der Waals surface area contributed by atoms with Crippen LogP contribution in [0.4, 0.5) is 0 Å². The zero-order chi connectivity index (χ0) is 10.3. The fraction of sp³-hybridized carbons (Fsp3) is 0.667. The Morgan fingerprint density at radius 2 is 2.53 bits per heavy atom. The average molecular weight is 223 g/mol. The van der Waals surface area contributed by atoms with Crippen LogP contribution in [0.25, 0.3) is 0 Å². The van der Waals surface area contributed by atoms with Crippen molar-refractivity contribution < 1.29 is 4.74 Å². The van der Waals surface area contributed by atoms with Gasteiger partial charge in [0.2, 0.25) is 0 Å². The molecule has 0 aliphatic carbocycles. The summed E-state index contributed by atoms with van der Waals surface area (Å²) in [5.74, 6) is 0. The van der Waals surface area contributed by atoms with Crippen molar-refractivity contribution in [2.75, 3.05) is 13.2 Å². The summed E-state index contributed by atoms with van der Waals surface area (Å²) in [7, 11) is 0. The molecule has 3 rings (SSSR count). The first-order valence-corrected chi connectivity index (χ1v) is 6.62. The molecule has 2 atom stereocenters. The van der Waals surface area contributed by atoms with Crippen molar-refractivity contribution in [2.24, 2.45) is 0 Å². The molecule has 15 heavy (non-hydrogen) atoms. The van der Waals surface area contributed by atoms with Gasteiger partial charge in [0, 0.05) is 17.3 Å². The third-order valence-electron chi connectivity index (χ3n) is 3.60. The molecule has 1 N–H and O–H groups in total. The molecule has 3 heterocycles. The number of ether oxygens (including phenoxy) is 1. The van der Waals surface area contributed by atoms with E-state index in [0.29, 0.717) is 6.04 Å². The van der Waals surface area contributed by atoms with Gasteiger partial charge in [-0.05, 0) is 43.3 Å². The van der Waals surface area contributed by atoms with Gasteiger partial charge >= 0.3 is 0 Å². The Kier molecular flexibility index (Phi) is 2.34. The van der Waals surface area contributed by atoms with Crippen LogP contribution in [0, 0.1) is 0 Å². The molecule has 0 saturated carbocycles. The van der Waals surface area contributed by atoms with Crippen molar-refractivity contribution in [2.45, 2.75) is 37.8 Å². The average Bonchev–Trinajstić information content (AvgIpc) is 2.67. The van der Waals surface area contributed by atoms with E-state index in [1.54, 1.807) is 4.88 Å². The summed E-state index contributed by atoms with van der Waals surface area (Å²) in [4.78, 5) is 1.55. The minimum atomic E-state index is 0.0399. The van der Waals surface area contributed by atoms with Gasteiger partial charge in [0.25, 0.3) is 0 Å². The smallest absolute Gasteiger partial charge is 0.0968 e. The molecule has 1 saturated heterocycles. The summed E-state index contributed by atoms with van der Waals surface area (Å²) >= 11 is 1.89. The first-order chi connectivity index (χ1) is 7.30. The zero-order valence-corrected chi connectivity index (χ0v) is 9.90. The van der Waals surface area contributed by atoms with Crippen LogP contribution in [0.1, 0.15) is 30.2 Å². The van der Waals surface area contributed by atoms with Crippen LogP contribution in [0.2, 0.25) is 0 Å². The monoisotopic (exact) mass is 223 g/mol. The summed E-state index contributed by atoms with van der Waals surface area (Å²) in [6.07, 6.45) is 3.36. The van der Waals surface area contributed by atoms with Crippen molar-refractivity contribution in [3.8, 4) is 0 Å². The summed E-state index contributed by atoms with van der Waals surface area (Å²) in [6.45, 7) is 4.24. The number of nitrogens with one attached hydrogen (secondary N) is 1. The molecule has 1 aromatic heterocycles. The molecule has 1 aromatic rings. The molecule has 82 valence electrons. The zero-order valence-electron chi connectivity index (χ0n) is 9.08. The van der Waals surface area contributed by atoms with E-state index in [0.717, 1.165) is 32.4 Å². The quantitative estimate of drug-likeness (QED) is 0.728. The fourth-order valence-electron chi connectivity index (χ4n) is 2.92. The van der Waals surface area contributed by atoms with E-state index in [1.165, 1.54) is 5.56 Å². The first kappa shape index (κ1) is 9.82. The highest BCUT2D eigenvalue weighted by molar-refractivity contribution is 7.10. The summed E-state index contributed by atoms with van der Waals surface area (Å²) in [5, 5.41) is 5.72. The standard InChI is InChI=1S/C12H17NOS/c1-9-8-12(4-5-13-9)10-3-7-15-11(10)2-6-14-12/h3,7,9,13H,2,4-6,8H2,1H3/t9-,12+/m0/s1. The first-order valence-electron chi connectivity index (χ1n) is 5.74. The Morgan fingerprint density at radius 1 is 1.60 bits per heavy atom. The third-order valence-corrected chi connectivity index (χ3v) is 4.58. The third kappa shape index (κ3) is 1.53. The molecule has 0 bridgehead atoms. The van der Waals surface area contributed by atoms with E-state index in [9.17, 15) is 0 Å². The van der Waals surface area contributed by atoms with E-state index in [2.05, 4.69) is 23.7 Å². The molecule has 2 aliphatic rings. The number of rotatable bonds is 0. The van der Waals surface area contributed by atoms with Crippen LogP contribution in [0.3, 0.4) is 0 Å². The van der Waals surface area contributed by atoms with Crippen molar-refractivity contribution in [3.05, 3.63) is 21.9 Å². The molecule has 1 spiro atoms. The lowest BCUT2D eigenvalue weighted by Crippen LogP contribution is -2.48.